The first kappa shape index (κ1) is 12.8. The van der Waals surface area contributed by atoms with Gasteiger partial charge in [0.2, 0.25) is 0 Å². The van der Waals surface area contributed by atoms with E-state index >= 15 is 0 Å². The van der Waals surface area contributed by atoms with Gasteiger partial charge < -0.3 is 10.6 Å². The van der Waals surface area contributed by atoms with Gasteiger partial charge in [-0.15, -0.1) is 0 Å². The number of nitriles is 1. The second kappa shape index (κ2) is 5.34. The molecule has 1 aliphatic carbocycles. The van der Waals surface area contributed by atoms with Gasteiger partial charge >= 0.3 is 0 Å². The van der Waals surface area contributed by atoms with Crippen LogP contribution in [0.5, 0.6) is 0 Å². The summed E-state index contributed by atoms with van der Waals surface area (Å²) in [6, 6.07) is 2.94. The van der Waals surface area contributed by atoms with E-state index in [1.807, 2.05) is 0 Å². The molecule has 0 atom stereocenters. The van der Waals surface area contributed by atoms with Gasteiger partial charge in [0, 0.05) is 32.2 Å². The summed E-state index contributed by atoms with van der Waals surface area (Å²) in [4.78, 5) is 5.10. The van der Waals surface area contributed by atoms with Gasteiger partial charge in [-0.1, -0.05) is 6.92 Å². The summed E-state index contributed by atoms with van der Waals surface area (Å²) >= 11 is 0. The van der Waals surface area contributed by atoms with Crippen molar-refractivity contribution in [3.05, 3.63) is 0 Å². The maximum atomic E-state index is 9.02. The van der Waals surface area contributed by atoms with Gasteiger partial charge in [-0.25, -0.2) is 0 Å². The molecule has 0 radical (unpaired) electrons. The van der Waals surface area contributed by atoms with Crippen LogP contribution in [0, 0.1) is 11.3 Å². The van der Waals surface area contributed by atoms with Crippen LogP contribution in [0.15, 0.2) is 0 Å². The molecule has 2 rings (SSSR count). The molecule has 1 aliphatic heterocycles. The first-order valence-electron chi connectivity index (χ1n) is 6.83. The molecule has 1 heterocycles. The largest absolute Gasteiger partial charge is 0.313 e. The Morgan fingerprint density at radius 1 is 1.24 bits per heavy atom. The van der Waals surface area contributed by atoms with E-state index in [0.29, 0.717) is 6.04 Å². The molecule has 1 saturated carbocycles. The zero-order chi connectivity index (χ0) is 12.3. The molecule has 4 nitrogen and oxygen atoms in total. The smallest absolute Gasteiger partial charge is 0.104 e. The standard InChI is InChI=1S/C13H24N4/c1-2-16-7-9-17(10-8-16)12-3-5-13(15,11-14)6-4-12/h12H,2-10,15H2,1H3. The Morgan fingerprint density at radius 2 is 1.82 bits per heavy atom. The van der Waals surface area contributed by atoms with Crippen molar-refractivity contribution >= 4 is 0 Å². The van der Waals surface area contributed by atoms with Crippen molar-refractivity contribution < 1.29 is 0 Å². The SMILES string of the molecule is CCN1CCN(C2CCC(N)(C#N)CC2)CC1. The third-order valence-corrected chi connectivity index (χ3v) is 4.44. The van der Waals surface area contributed by atoms with Crippen molar-refractivity contribution in [3.63, 3.8) is 0 Å². The van der Waals surface area contributed by atoms with E-state index in [9.17, 15) is 0 Å². The van der Waals surface area contributed by atoms with Crippen molar-refractivity contribution in [2.24, 2.45) is 5.73 Å². The zero-order valence-electron chi connectivity index (χ0n) is 10.9. The van der Waals surface area contributed by atoms with Crippen LogP contribution in [0.4, 0.5) is 0 Å². The normalized spacial score (nSPS) is 36.6. The van der Waals surface area contributed by atoms with E-state index in [1.165, 1.54) is 32.7 Å². The highest BCUT2D eigenvalue weighted by Gasteiger charge is 2.34. The molecule has 0 bridgehead atoms. The highest BCUT2D eigenvalue weighted by molar-refractivity contribution is 5.08. The monoisotopic (exact) mass is 236 g/mol. The summed E-state index contributed by atoms with van der Waals surface area (Å²) in [5.74, 6) is 0. The number of rotatable bonds is 2. The number of likely N-dealkylation sites (N-methyl/N-ethyl adjacent to an activating group) is 1. The van der Waals surface area contributed by atoms with Crippen LogP contribution in [0.3, 0.4) is 0 Å². The van der Waals surface area contributed by atoms with Crippen LogP contribution in [0.2, 0.25) is 0 Å². The van der Waals surface area contributed by atoms with Crippen molar-refractivity contribution in [3.8, 4) is 6.07 Å². The lowest BCUT2D eigenvalue weighted by Gasteiger charge is -2.42. The minimum Gasteiger partial charge on any atom is -0.313 e. The molecule has 0 spiro atoms. The molecule has 2 aliphatic rings. The Kier molecular flexibility index (Phi) is 4.03. The number of hydrogen-bond acceptors (Lipinski definition) is 4. The fourth-order valence-electron chi connectivity index (χ4n) is 3.04. The summed E-state index contributed by atoms with van der Waals surface area (Å²) in [6.45, 7) is 8.15. The number of piperazine rings is 1. The average Bonchev–Trinajstić information content (AvgIpc) is 2.40. The van der Waals surface area contributed by atoms with E-state index in [4.69, 9.17) is 11.0 Å². The van der Waals surface area contributed by atoms with Crippen molar-refractivity contribution in [2.75, 3.05) is 32.7 Å². The van der Waals surface area contributed by atoms with E-state index < -0.39 is 5.54 Å². The lowest BCUT2D eigenvalue weighted by molar-refractivity contribution is 0.0740. The molecule has 17 heavy (non-hydrogen) atoms. The van der Waals surface area contributed by atoms with Crippen molar-refractivity contribution in [1.29, 1.82) is 5.26 Å². The minimum absolute atomic E-state index is 0.540. The molecule has 4 heteroatoms. The summed E-state index contributed by atoms with van der Waals surface area (Å²) in [5, 5.41) is 9.02. The van der Waals surface area contributed by atoms with Gasteiger partial charge in [-0.05, 0) is 32.2 Å². The van der Waals surface area contributed by atoms with Crippen LogP contribution in [-0.4, -0.2) is 54.1 Å². The highest BCUT2D eigenvalue weighted by atomic mass is 15.3. The summed E-state index contributed by atoms with van der Waals surface area (Å²) in [7, 11) is 0. The molecule has 0 aromatic carbocycles. The predicted octanol–water partition coefficient (Wildman–Crippen LogP) is 0.788. The first-order chi connectivity index (χ1) is 8.17. The lowest BCUT2D eigenvalue weighted by Crippen LogP contribution is -2.53. The Hall–Kier alpha value is -0.630. The van der Waals surface area contributed by atoms with Gasteiger partial charge in [-0.3, -0.25) is 4.90 Å². The van der Waals surface area contributed by atoms with Gasteiger partial charge in [0.15, 0.2) is 0 Å². The predicted molar refractivity (Wildman–Crippen MR) is 68.5 cm³/mol. The molecule has 0 aromatic rings. The van der Waals surface area contributed by atoms with Crippen LogP contribution in [0.25, 0.3) is 0 Å². The first-order valence-corrected chi connectivity index (χ1v) is 6.83. The quantitative estimate of drug-likeness (QED) is 0.770. The van der Waals surface area contributed by atoms with Gasteiger partial charge in [0.25, 0.3) is 0 Å². The average molecular weight is 236 g/mol. The maximum absolute atomic E-state index is 9.02. The maximum Gasteiger partial charge on any atom is 0.104 e. The van der Waals surface area contributed by atoms with Crippen LogP contribution >= 0.6 is 0 Å². The Labute approximate surface area is 104 Å². The van der Waals surface area contributed by atoms with E-state index in [1.54, 1.807) is 0 Å². The topological polar surface area (TPSA) is 56.3 Å². The second-order valence-corrected chi connectivity index (χ2v) is 5.47. The molecule has 0 amide bonds. The van der Waals surface area contributed by atoms with Crippen LogP contribution in [0.1, 0.15) is 32.6 Å². The highest BCUT2D eigenvalue weighted by Crippen LogP contribution is 2.29. The van der Waals surface area contributed by atoms with E-state index in [2.05, 4.69) is 22.8 Å². The molecule has 2 fully saturated rings. The zero-order valence-corrected chi connectivity index (χ0v) is 10.9. The lowest BCUT2D eigenvalue weighted by atomic mass is 9.80. The molecular formula is C13H24N4. The summed E-state index contributed by atoms with van der Waals surface area (Å²) in [6.07, 6.45) is 3.91. The van der Waals surface area contributed by atoms with E-state index in [-0.39, 0.29) is 0 Å². The van der Waals surface area contributed by atoms with Gasteiger partial charge in [0.1, 0.15) is 5.54 Å². The Morgan fingerprint density at radius 3 is 2.29 bits per heavy atom. The molecule has 0 unspecified atom stereocenters. The molecule has 96 valence electrons. The Bertz CT molecular complexity index is 280. The number of nitrogens with zero attached hydrogens (tertiary/aromatic N) is 3. The fraction of sp³-hybridized carbons (Fsp3) is 0.923. The molecule has 0 aromatic heterocycles. The van der Waals surface area contributed by atoms with Crippen molar-refractivity contribution in [2.45, 2.75) is 44.2 Å². The molecular weight excluding hydrogens is 212 g/mol. The summed E-state index contributed by atoms with van der Waals surface area (Å²) in [5.41, 5.74) is 5.47. The van der Waals surface area contributed by atoms with Gasteiger partial charge in [0.05, 0.1) is 6.07 Å². The van der Waals surface area contributed by atoms with Crippen molar-refractivity contribution in [1.82, 2.24) is 9.80 Å². The summed E-state index contributed by atoms with van der Waals surface area (Å²) < 4.78 is 0. The third kappa shape index (κ3) is 2.98. The number of nitrogens with two attached hydrogens (primary N) is 1. The minimum atomic E-state index is -0.540. The van der Waals surface area contributed by atoms with Gasteiger partial charge in [-0.2, -0.15) is 5.26 Å². The Balaban J connectivity index is 1.80. The second-order valence-electron chi connectivity index (χ2n) is 5.47. The van der Waals surface area contributed by atoms with Crippen LogP contribution < -0.4 is 5.73 Å². The van der Waals surface area contributed by atoms with Crippen LogP contribution in [-0.2, 0) is 0 Å². The molecule has 2 N–H and O–H groups in total. The molecule has 1 saturated heterocycles. The third-order valence-electron chi connectivity index (χ3n) is 4.44. The fourth-order valence-corrected chi connectivity index (χ4v) is 3.04. The number of hydrogen-bond donors (Lipinski definition) is 1. The van der Waals surface area contributed by atoms with E-state index in [0.717, 1.165) is 25.7 Å².